The molecule has 0 fully saturated rings. The fraction of sp³-hybridized carbons (Fsp3) is 0.161. The molecule has 0 radical (unpaired) electrons. The smallest absolute Gasteiger partial charge is 0.377 e. The molecule has 188 valence electrons. The van der Waals surface area contributed by atoms with Crippen molar-refractivity contribution in [3.05, 3.63) is 98.2 Å². The minimum absolute atomic E-state index is 0.0415. The molecule has 7 heteroatoms. The van der Waals surface area contributed by atoms with Gasteiger partial charge in [-0.05, 0) is 36.8 Å². The molecule has 0 N–H and O–H groups in total. The van der Waals surface area contributed by atoms with E-state index < -0.39 is 0 Å². The highest BCUT2D eigenvalue weighted by molar-refractivity contribution is 8.08. The third kappa shape index (κ3) is 3.38. The van der Waals surface area contributed by atoms with Crippen LogP contribution in [0.5, 0.6) is 0 Å². The maximum Gasteiger partial charge on any atom is 0.377 e. The van der Waals surface area contributed by atoms with Crippen molar-refractivity contribution in [2.75, 3.05) is 11.9 Å². The molecule has 38 heavy (non-hydrogen) atoms. The number of rotatable bonds is 3. The molecule has 1 aliphatic rings. The third-order valence-electron chi connectivity index (χ3n) is 7.32. The van der Waals surface area contributed by atoms with Crippen LogP contribution in [0.25, 0.3) is 43.7 Å². The lowest BCUT2D eigenvalue weighted by atomic mass is 10.1. The number of hydrogen-bond donors (Lipinski definition) is 0. The maximum atomic E-state index is 13.7. The van der Waals surface area contributed by atoms with Crippen LogP contribution in [0.3, 0.4) is 0 Å². The second kappa shape index (κ2) is 8.89. The van der Waals surface area contributed by atoms with E-state index in [2.05, 4.69) is 84.1 Å². The normalized spacial score (nSPS) is 15.3. The number of aryl methyl sites for hydroxylation is 1. The quantitative estimate of drug-likeness (QED) is 0.283. The van der Waals surface area contributed by atoms with Crippen LogP contribution in [-0.4, -0.2) is 11.6 Å². The van der Waals surface area contributed by atoms with Crippen LogP contribution >= 0.6 is 23.1 Å². The number of nitrogens with zero attached hydrogens (tertiary/aromatic N) is 3. The van der Waals surface area contributed by atoms with Gasteiger partial charge in [0.2, 0.25) is 5.58 Å². The van der Waals surface area contributed by atoms with Gasteiger partial charge in [0, 0.05) is 35.3 Å². The van der Waals surface area contributed by atoms with Gasteiger partial charge in [0.25, 0.3) is 11.1 Å². The van der Waals surface area contributed by atoms with E-state index in [1.165, 1.54) is 27.0 Å². The summed E-state index contributed by atoms with van der Waals surface area (Å²) in [5, 5.41) is 5.63. The van der Waals surface area contributed by atoms with Crippen molar-refractivity contribution in [2.45, 2.75) is 31.8 Å². The summed E-state index contributed by atoms with van der Waals surface area (Å²) >= 11 is 3.21. The summed E-state index contributed by atoms with van der Waals surface area (Å²) in [5.41, 5.74) is 3.14. The fourth-order valence-corrected chi connectivity index (χ4v) is 7.93. The Labute approximate surface area is 227 Å². The van der Waals surface area contributed by atoms with Gasteiger partial charge in [-0.2, -0.15) is 4.57 Å². The van der Waals surface area contributed by atoms with E-state index in [9.17, 15) is 4.79 Å². The highest BCUT2D eigenvalue weighted by atomic mass is 32.2. The number of benzene rings is 4. The second-order valence-corrected chi connectivity index (χ2v) is 11.4. The second-order valence-electron chi connectivity index (χ2n) is 9.38. The first-order valence-corrected chi connectivity index (χ1v) is 14.5. The van der Waals surface area contributed by atoms with Crippen molar-refractivity contribution in [3.8, 4) is 0 Å². The predicted molar refractivity (Wildman–Crippen MR) is 158 cm³/mol. The number of fused-ring (bicyclic) bond motifs is 6. The van der Waals surface area contributed by atoms with Crippen LogP contribution in [0.15, 0.2) is 86.9 Å². The highest BCUT2D eigenvalue weighted by Crippen LogP contribution is 2.48. The van der Waals surface area contributed by atoms with E-state index in [1.54, 1.807) is 11.8 Å². The van der Waals surface area contributed by atoms with E-state index in [0.717, 1.165) is 54.2 Å². The summed E-state index contributed by atoms with van der Waals surface area (Å²) in [6.07, 6.45) is 2.03. The molecular weight excluding hydrogens is 510 g/mol. The van der Waals surface area contributed by atoms with Gasteiger partial charge < -0.3 is 9.32 Å². The highest BCUT2D eigenvalue weighted by Gasteiger charge is 2.27. The molecule has 5 nitrogen and oxygen atoms in total. The van der Waals surface area contributed by atoms with E-state index >= 15 is 0 Å². The summed E-state index contributed by atoms with van der Waals surface area (Å²) < 4.78 is 12.2. The van der Waals surface area contributed by atoms with E-state index in [0.29, 0.717) is 6.54 Å². The largest absolute Gasteiger partial charge is 0.397 e. The Morgan fingerprint density at radius 2 is 1.63 bits per heavy atom. The van der Waals surface area contributed by atoms with Crippen LogP contribution in [0.2, 0.25) is 0 Å². The van der Waals surface area contributed by atoms with Gasteiger partial charge in [0.15, 0.2) is 0 Å². The number of hydrogen-bond acceptors (Lipinski definition) is 5. The number of aromatic nitrogens is 2. The van der Waals surface area contributed by atoms with Crippen LogP contribution in [-0.2, 0) is 13.1 Å². The fourth-order valence-electron chi connectivity index (χ4n) is 5.47. The lowest BCUT2D eigenvalue weighted by Crippen LogP contribution is -2.36. The van der Waals surface area contributed by atoms with Crippen LogP contribution < -0.4 is 24.2 Å². The van der Waals surface area contributed by atoms with Crippen molar-refractivity contribution in [2.24, 2.45) is 0 Å². The summed E-state index contributed by atoms with van der Waals surface area (Å²) in [5.74, 6) is 0.751. The molecule has 0 unspecified atom stereocenters. The summed E-state index contributed by atoms with van der Waals surface area (Å²) in [7, 11) is 2.06. The molecule has 0 saturated heterocycles. The molecule has 7 rings (SSSR count). The molecule has 0 aliphatic carbocycles. The SMILES string of the molecule is CCn1c(=Cc2oc3c4ccccc4ccc3[n+]2CC)sc(=C2Sc3ccc4ccccc4c3N2C)c1=O. The van der Waals surface area contributed by atoms with Crippen molar-refractivity contribution >= 4 is 72.5 Å². The first kappa shape index (κ1) is 23.3. The number of thioether (sulfide) groups is 1. The van der Waals surface area contributed by atoms with Gasteiger partial charge >= 0.3 is 5.89 Å². The van der Waals surface area contributed by atoms with Gasteiger partial charge in [-0.1, -0.05) is 66.4 Å². The molecule has 4 aromatic carbocycles. The van der Waals surface area contributed by atoms with Crippen molar-refractivity contribution in [3.63, 3.8) is 0 Å². The Bertz CT molecular complexity index is 2080. The van der Waals surface area contributed by atoms with Gasteiger partial charge in [0.1, 0.15) is 20.8 Å². The molecule has 0 spiro atoms. The van der Waals surface area contributed by atoms with E-state index in [1.807, 2.05) is 29.7 Å². The van der Waals surface area contributed by atoms with Gasteiger partial charge in [-0.25, -0.2) is 0 Å². The molecule has 0 atom stereocenters. The average molecular weight is 537 g/mol. The molecule has 2 aromatic heterocycles. The third-order valence-corrected chi connectivity index (χ3v) is 9.79. The lowest BCUT2D eigenvalue weighted by molar-refractivity contribution is -0.674. The number of oxazole rings is 1. The first-order chi connectivity index (χ1) is 18.6. The molecule has 6 aromatic rings. The summed E-state index contributed by atoms with van der Waals surface area (Å²) in [6, 6.07) is 25.3. The number of thiazole rings is 1. The Morgan fingerprint density at radius 1 is 0.921 bits per heavy atom. The van der Waals surface area contributed by atoms with Crippen molar-refractivity contribution in [1.29, 1.82) is 0 Å². The summed E-state index contributed by atoms with van der Waals surface area (Å²) in [6.45, 7) is 5.50. The molecule has 1 aliphatic heterocycles. The first-order valence-electron chi connectivity index (χ1n) is 12.8. The minimum atomic E-state index is 0.0415. The maximum absolute atomic E-state index is 13.7. The average Bonchev–Trinajstić information content (AvgIpc) is 3.58. The van der Waals surface area contributed by atoms with Crippen LogP contribution in [0.1, 0.15) is 19.7 Å². The van der Waals surface area contributed by atoms with Crippen LogP contribution in [0, 0.1) is 0 Å². The van der Waals surface area contributed by atoms with Crippen molar-refractivity contribution in [1.82, 2.24) is 4.57 Å². The molecule has 0 bridgehead atoms. The Balaban J connectivity index is 1.45. The Kier molecular flexibility index (Phi) is 5.46. The summed E-state index contributed by atoms with van der Waals surface area (Å²) in [4.78, 5) is 17.1. The molecular formula is C31H26N3O2S2+. The monoisotopic (exact) mass is 536 g/mol. The van der Waals surface area contributed by atoms with Crippen LogP contribution in [0.4, 0.5) is 5.69 Å². The van der Waals surface area contributed by atoms with Gasteiger partial charge in [0.05, 0.1) is 11.8 Å². The molecule has 3 heterocycles. The van der Waals surface area contributed by atoms with E-state index in [-0.39, 0.29) is 5.56 Å². The molecule has 0 saturated carbocycles. The van der Waals surface area contributed by atoms with E-state index in [4.69, 9.17) is 4.42 Å². The van der Waals surface area contributed by atoms with Gasteiger partial charge in [-0.3, -0.25) is 9.36 Å². The number of anilines is 1. The standard InChI is InChI=1S/C31H26N3O2S2/c1-4-33-23-16-14-20-11-7-9-13-22(20)28(23)36-25(33)18-26-34(5-2)30(35)29(38-26)31-32(3)27-21-12-8-6-10-19(21)15-17-24(27)37-31/h6-18H,4-5H2,1-3H3/q+1. The Morgan fingerprint density at radius 3 is 2.39 bits per heavy atom. The lowest BCUT2D eigenvalue weighted by Gasteiger charge is -2.15. The zero-order valence-electron chi connectivity index (χ0n) is 21.4. The van der Waals surface area contributed by atoms with Gasteiger partial charge in [-0.15, -0.1) is 11.3 Å². The zero-order valence-corrected chi connectivity index (χ0v) is 23.0. The predicted octanol–water partition coefficient (Wildman–Crippen LogP) is 5.43. The van der Waals surface area contributed by atoms with Crippen molar-refractivity contribution < 1.29 is 8.98 Å². The minimum Gasteiger partial charge on any atom is -0.397 e. The zero-order chi connectivity index (χ0) is 26.0. The Hall–Kier alpha value is -3.81. The topological polar surface area (TPSA) is 42.3 Å². The molecule has 0 amide bonds.